The number of carbonyl (C=O) groups is 1. The van der Waals surface area contributed by atoms with Gasteiger partial charge >= 0.3 is 5.97 Å². The van der Waals surface area contributed by atoms with Crippen molar-refractivity contribution in [1.82, 2.24) is 0 Å². The second kappa shape index (κ2) is 6.64. The number of hydrogen-bond acceptors (Lipinski definition) is 4. The van der Waals surface area contributed by atoms with Crippen molar-refractivity contribution in [3.8, 4) is 0 Å². The molecule has 1 aromatic rings. The molecule has 0 saturated heterocycles. The smallest absolute Gasteiger partial charge is 0.337 e. The Hall–Kier alpha value is -1.71. The van der Waals surface area contributed by atoms with Gasteiger partial charge in [0, 0.05) is 12.6 Å². The van der Waals surface area contributed by atoms with Crippen LogP contribution < -0.4 is 10.6 Å². The van der Waals surface area contributed by atoms with Crippen molar-refractivity contribution in [3.05, 3.63) is 23.8 Å². The Balaban J connectivity index is 2.30. The molecular formula is C16H24N2O2. The zero-order chi connectivity index (χ0) is 14.5. The van der Waals surface area contributed by atoms with Crippen LogP contribution in [0.1, 0.15) is 49.4 Å². The molecule has 0 spiro atoms. The highest BCUT2D eigenvalue weighted by Gasteiger charge is 2.22. The average Bonchev–Trinajstić information content (AvgIpc) is 2.50. The minimum absolute atomic E-state index is 0.314. The third-order valence-electron chi connectivity index (χ3n) is 4.12. The van der Waals surface area contributed by atoms with Crippen molar-refractivity contribution in [1.29, 1.82) is 0 Å². The first-order valence-electron chi connectivity index (χ1n) is 7.41. The maximum atomic E-state index is 11.7. The van der Waals surface area contributed by atoms with E-state index < -0.39 is 0 Å². The standard InChI is InChI=1S/C16H24N2O2/c1-3-18(13-7-5-4-6-8-13)15-11-12(16(19)20-2)9-10-14(15)17/h9-11,13H,3-8,17H2,1-2H3. The number of ether oxygens (including phenoxy) is 1. The SMILES string of the molecule is CCN(c1cc(C(=O)OC)ccc1N)C1CCCCC1. The molecule has 2 N–H and O–H groups in total. The third-order valence-corrected chi connectivity index (χ3v) is 4.12. The fourth-order valence-corrected chi connectivity index (χ4v) is 3.06. The van der Waals surface area contributed by atoms with Gasteiger partial charge in [0.15, 0.2) is 0 Å². The molecule has 0 heterocycles. The van der Waals surface area contributed by atoms with Crippen LogP contribution in [0.5, 0.6) is 0 Å². The summed E-state index contributed by atoms with van der Waals surface area (Å²) >= 11 is 0. The van der Waals surface area contributed by atoms with Crippen LogP contribution in [0.25, 0.3) is 0 Å². The van der Waals surface area contributed by atoms with Crippen molar-refractivity contribution in [2.24, 2.45) is 0 Å². The Kier molecular flexibility index (Phi) is 4.88. The monoisotopic (exact) mass is 276 g/mol. The van der Waals surface area contributed by atoms with E-state index in [1.54, 1.807) is 12.1 Å². The molecule has 1 saturated carbocycles. The molecule has 110 valence electrons. The number of nitrogen functional groups attached to an aromatic ring is 1. The fraction of sp³-hybridized carbons (Fsp3) is 0.562. The Labute approximate surface area is 120 Å². The highest BCUT2D eigenvalue weighted by atomic mass is 16.5. The second-order valence-corrected chi connectivity index (χ2v) is 5.34. The zero-order valence-electron chi connectivity index (χ0n) is 12.4. The van der Waals surface area contributed by atoms with Crippen molar-refractivity contribution in [3.63, 3.8) is 0 Å². The molecular weight excluding hydrogens is 252 g/mol. The predicted molar refractivity (Wildman–Crippen MR) is 82.1 cm³/mol. The lowest BCUT2D eigenvalue weighted by Gasteiger charge is -2.36. The van der Waals surface area contributed by atoms with Gasteiger partial charge in [0.2, 0.25) is 0 Å². The van der Waals surface area contributed by atoms with Gasteiger partial charge in [-0.1, -0.05) is 19.3 Å². The van der Waals surface area contributed by atoms with E-state index in [2.05, 4.69) is 11.8 Å². The fourth-order valence-electron chi connectivity index (χ4n) is 3.06. The summed E-state index contributed by atoms with van der Waals surface area (Å²) < 4.78 is 4.79. The first-order chi connectivity index (χ1) is 9.67. The number of nitrogens with two attached hydrogens (primary N) is 1. The normalized spacial score (nSPS) is 15.9. The summed E-state index contributed by atoms with van der Waals surface area (Å²) in [6, 6.07) is 5.91. The van der Waals surface area contributed by atoms with Gasteiger partial charge in [-0.05, 0) is 38.0 Å². The maximum absolute atomic E-state index is 11.7. The molecule has 0 aliphatic heterocycles. The van der Waals surface area contributed by atoms with Gasteiger partial charge in [0.05, 0.1) is 24.0 Å². The average molecular weight is 276 g/mol. The molecule has 4 nitrogen and oxygen atoms in total. The first kappa shape index (κ1) is 14.7. The van der Waals surface area contributed by atoms with Gasteiger partial charge in [-0.15, -0.1) is 0 Å². The van der Waals surface area contributed by atoms with Crippen LogP contribution >= 0.6 is 0 Å². The molecule has 0 radical (unpaired) electrons. The van der Waals surface area contributed by atoms with Crippen molar-refractivity contribution in [2.75, 3.05) is 24.3 Å². The molecule has 4 heteroatoms. The second-order valence-electron chi connectivity index (χ2n) is 5.34. The summed E-state index contributed by atoms with van der Waals surface area (Å²) in [5, 5.41) is 0. The van der Waals surface area contributed by atoms with E-state index in [0.717, 1.165) is 17.9 Å². The third kappa shape index (κ3) is 3.06. The zero-order valence-corrected chi connectivity index (χ0v) is 12.4. The van der Waals surface area contributed by atoms with E-state index in [1.807, 2.05) is 6.07 Å². The van der Waals surface area contributed by atoms with E-state index in [9.17, 15) is 4.79 Å². The molecule has 1 fully saturated rings. The summed E-state index contributed by atoms with van der Waals surface area (Å²) in [6.07, 6.45) is 6.28. The Bertz CT molecular complexity index is 468. The number of rotatable bonds is 4. The number of methoxy groups -OCH3 is 1. The summed E-state index contributed by atoms with van der Waals surface area (Å²) in [4.78, 5) is 14.0. The number of anilines is 2. The maximum Gasteiger partial charge on any atom is 0.337 e. The van der Waals surface area contributed by atoms with Crippen molar-refractivity contribution < 1.29 is 9.53 Å². The van der Waals surface area contributed by atoms with Crippen molar-refractivity contribution in [2.45, 2.75) is 45.1 Å². The van der Waals surface area contributed by atoms with Gasteiger partial charge in [-0.3, -0.25) is 0 Å². The van der Waals surface area contributed by atoms with Crippen LogP contribution in [0.15, 0.2) is 18.2 Å². The molecule has 0 bridgehead atoms. The van der Waals surface area contributed by atoms with Crippen LogP contribution in [0.3, 0.4) is 0 Å². The Morgan fingerprint density at radius 3 is 2.65 bits per heavy atom. The van der Waals surface area contributed by atoms with Gasteiger partial charge in [-0.2, -0.15) is 0 Å². The molecule has 0 aromatic heterocycles. The lowest BCUT2D eigenvalue weighted by molar-refractivity contribution is 0.0601. The topological polar surface area (TPSA) is 55.6 Å². The molecule has 0 unspecified atom stereocenters. The molecule has 20 heavy (non-hydrogen) atoms. The number of nitrogens with zero attached hydrogens (tertiary/aromatic N) is 1. The summed E-state index contributed by atoms with van der Waals surface area (Å²) in [5.74, 6) is -0.314. The highest BCUT2D eigenvalue weighted by molar-refractivity contribution is 5.92. The number of hydrogen-bond donors (Lipinski definition) is 1. The van der Waals surface area contributed by atoms with Crippen molar-refractivity contribution >= 4 is 17.3 Å². The minimum atomic E-state index is -0.314. The van der Waals surface area contributed by atoms with Crippen LogP contribution in [0, 0.1) is 0 Å². The summed E-state index contributed by atoms with van der Waals surface area (Å²) in [7, 11) is 1.40. The predicted octanol–water partition coefficient (Wildman–Crippen LogP) is 3.21. The van der Waals surface area contributed by atoms with Gasteiger partial charge in [0.25, 0.3) is 0 Å². The van der Waals surface area contributed by atoms with Gasteiger partial charge < -0.3 is 15.4 Å². The largest absolute Gasteiger partial charge is 0.465 e. The Morgan fingerprint density at radius 1 is 1.35 bits per heavy atom. The summed E-state index contributed by atoms with van der Waals surface area (Å²) in [6.45, 7) is 3.04. The quantitative estimate of drug-likeness (QED) is 0.677. The lowest BCUT2D eigenvalue weighted by atomic mass is 9.93. The van der Waals surface area contributed by atoms with Gasteiger partial charge in [-0.25, -0.2) is 4.79 Å². The lowest BCUT2D eigenvalue weighted by Crippen LogP contribution is -2.37. The van der Waals surface area contributed by atoms with Crippen LogP contribution in [-0.4, -0.2) is 25.7 Å². The van der Waals surface area contributed by atoms with E-state index in [4.69, 9.17) is 10.5 Å². The van der Waals surface area contributed by atoms with Crippen LogP contribution in [0.2, 0.25) is 0 Å². The first-order valence-corrected chi connectivity index (χ1v) is 7.41. The molecule has 0 amide bonds. The Morgan fingerprint density at radius 2 is 2.05 bits per heavy atom. The number of esters is 1. The van der Waals surface area contributed by atoms with Gasteiger partial charge in [0.1, 0.15) is 0 Å². The number of carbonyl (C=O) groups excluding carboxylic acids is 1. The molecule has 2 rings (SSSR count). The van der Waals surface area contributed by atoms with Crippen LogP contribution in [-0.2, 0) is 4.74 Å². The molecule has 1 aliphatic carbocycles. The van der Waals surface area contributed by atoms with E-state index >= 15 is 0 Å². The summed E-state index contributed by atoms with van der Waals surface area (Å²) in [5.41, 5.74) is 8.37. The molecule has 1 aromatic carbocycles. The van der Waals surface area contributed by atoms with E-state index in [1.165, 1.54) is 39.2 Å². The molecule has 1 aliphatic rings. The van der Waals surface area contributed by atoms with Crippen LogP contribution in [0.4, 0.5) is 11.4 Å². The van der Waals surface area contributed by atoms with E-state index in [0.29, 0.717) is 11.6 Å². The number of benzene rings is 1. The highest BCUT2D eigenvalue weighted by Crippen LogP contribution is 2.31. The minimum Gasteiger partial charge on any atom is -0.465 e. The van der Waals surface area contributed by atoms with E-state index in [-0.39, 0.29) is 5.97 Å². The molecule has 0 atom stereocenters.